The van der Waals surface area contributed by atoms with Gasteiger partial charge in [0.25, 0.3) is 0 Å². The number of nitrogens with zero attached hydrogens (tertiary/aromatic N) is 1. The van der Waals surface area contributed by atoms with Crippen molar-refractivity contribution < 1.29 is 9.90 Å². The number of amides is 1. The highest BCUT2D eigenvalue weighted by molar-refractivity contribution is 7.82. The van der Waals surface area contributed by atoms with Gasteiger partial charge in [-0.2, -0.15) is 0 Å². The molecular formula is C7H6NO2S. The summed E-state index contributed by atoms with van der Waals surface area (Å²) in [6.07, 6.45) is -1.13. The van der Waals surface area contributed by atoms with Gasteiger partial charge in [-0.05, 0) is 12.1 Å². The molecule has 0 unspecified atom stereocenters. The Morgan fingerprint density at radius 3 is 2.36 bits per heavy atom. The molecule has 3 nitrogen and oxygen atoms in total. The number of para-hydroxylation sites is 1. The third-order valence-electron chi connectivity index (χ3n) is 1.16. The van der Waals surface area contributed by atoms with Gasteiger partial charge < -0.3 is 5.11 Å². The summed E-state index contributed by atoms with van der Waals surface area (Å²) in [7, 11) is 0. The molecule has 0 aliphatic rings. The number of hydrogen-bond acceptors (Lipinski definition) is 1. The molecule has 0 bridgehead atoms. The smallest absolute Gasteiger partial charge is 0.422 e. The van der Waals surface area contributed by atoms with Crippen LogP contribution in [0.25, 0.3) is 0 Å². The fraction of sp³-hybridized carbons (Fsp3) is 0. The Morgan fingerprint density at radius 2 is 1.91 bits per heavy atom. The van der Waals surface area contributed by atoms with Crippen LogP contribution in [0.1, 0.15) is 0 Å². The van der Waals surface area contributed by atoms with Crippen LogP contribution in [0.15, 0.2) is 30.3 Å². The van der Waals surface area contributed by atoms with Crippen LogP contribution in [-0.4, -0.2) is 11.2 Å². The predicted molar refractivity (Wildman–Crippen MR) is 44.5 cm³/mol. The first-order valence-electron chi connectivity index (χ1n) is 2.97. The first kappa shape index (κ1) is 7.94. The van der Waals surface area contributed by atoms with Crippen LogP contribution < -0.4 is 4.31 Å². The molecule has 1 aromatic rings. The van der Waals surface area contributed by atoms with Gasteiger partial charge in [0.1, 0.15) is 0 Å². The standard InChI is InChI=1S/C7H6NO2S/c9-7(10)8(11)6-4-2-1-3-5-6/h1-5H,(H,9,10). The van der Waals surface area contributed by atoms with Gasteiger partial charge in [0.15, 0.2) is 0 Å². The molecule has 0 saturated heterocycles. The van der Waals surface area contributed by atoms with E-state index in [9.17, 15) is 4.79 Å². The Bertz CT molecular complexity index is 250. The van der Waals surface area contributed by atoms with Gasteiger partial charge in [0, 0.05) is 0 Å². The largest absolute Gasteiger partial charge is 0.464 e. The molecule has 1 amide bonds. The molecule has 0 atom stereocenters. The molecule has 0 fully saturated rings. The van der Waals surface area contributed by atoms with Gasteiger partial charge in [0.2, 0.25) is 0 Å². The zero-order chi connectivity index (χ0) is 8.27. The lowest BCUT2D eigenvalue weighted by atomic mass is 10.3. The second-order valence-corrected chi connectivity index (χ2v) is 2.28. The normalized spacial score (nSPS) is 9.18. The summed E-state index contributed by atoms with van der Waals surface area (Å²) in [4.78, 5) is 10.3. The molecule has 1 N–H and O–H groups in total. The number of carboxylic acid groups (broad SMARTS) is 1. The van der Waals surface area contributed by atoms with Crippen molar-refractivity contribution >= 4 is 24.6 Å². The van der Waals surface area contributed by atoms with Crippen LogP contribution >= 0.6 is 12.8 Å². The van der Waals surface area contributed by atoms with Crippen LogP contribution in [0.4, 0.5) is 10.5 Å². The first-order chi connectivity index (χ1) is 5.22. The van der Waals surface area contributed by atoms with E-state index in [4.69, 9.17) is 5.11 Å². The molecule has 4 heteroatoms. The average molecular weight is 168 g/mol. The van der Waals surface area contributed by atoms with Gasteiger partial charge in [-0.3, -0.25) is 0 Å². The van der Waals surface area contributed by atoms with Crippen LogP contribution in [0.5, 0.6) is 0 Å². The molecule has 0 saturated carbocycles. The van der Waals surface area contributed by atoms with E-state index in [2.05, 4.69) is 12.8 Å². The second-order valence-electron chi connectivity index (χ2n) is 1.91. The van der Waals surface area contributed by atoms with E-state index in [-0.39, 0.29) is 0 Å². The second kappa shape index (κ2) is 3.30. The highest BCUT2D eigenvalue weighted by Crippen LogP contribution is 2.14. The van der Waals surface area contributed by atoms with Crippen molar-refractivity contribution in [2.75, 3.05) is 4.31 Å². The van der Waals surface area contributed by atoms with Crippen LogP contribution in [0, 0.1) is 0 Å². The third kappa shape index (κ3) is 1.88. The third-order valence-corrected chi connectivity index (χ3v) is 1.53. The Balaban J connectivity index is 2.85. The molecule has 1 aromatic carbocycles. The van der Waals surface area contributed by atoms with Gasteiger partial charge in [-0.25, -0.2) is 9.10 Å². The molecule has 0 spiro atoms. The molecule has 11 heavy (non-hydrogen) atoms. The number of benzene rings is 1. The van der Waals surface area contributed by atoms with E-state index in [0.717, 1.165) is 4.31 Å². The Labute approximate surface area is 69.8 Å². The number of carbonyl (C=O) groups is 1. The summed E-state index contributed by atoms with van der Waals surface area (Å²) in [5, 5.41) is 8.46. The van der Waals surface area contributed by atoms with Crippen molar-refractivity contribution in [1.82, 2.24) is 0 Å². The van der Waals surface area contributed by atoms with Crippen molar-refractivity contribution in [3.8, 4) is 0 Å². The fourth-order valence-corrected chi connectivity index (χ4v) is 0.796. The quantitative estimate of drug-likeness (QED) is 0.698. The summed E-state index contributed by atoms with van der Waals surface area (Å²) in [5.74, 6) is 0. The summed E-state index contributed by atoms with van der Waals surface area (Å²) < 4.78 is 0.750. The zero-order valence-electron chi connectivity index (χ0n) is 5.60. The number of anilines is 1. The lowest BCUT2D eigenvalue weighted by Gasteiger charge is -2.08. The maximum Gasteiger partial charge on any atom is 0.422 e. The summed E-state index contributed by atoms with van der Waals surface area (Å²) in [6, 6.07) is 8.55. The van der Waals surface area contributed by atoms with Crippen molar-refractivity contribution in [2.45, 2.75) is 0 Å². The van der Waals surface area contributed by atoms with Crippen LogP contribution in [0.3, 0.4) is 0 Å². The zero-order valence-corrected chi connectivity index (χ0v) is 6.41. The first-order valence-corrected chi connectivity index (χ1v) is 3.33. The molecule has 57 valence electrons. The molecule has 1 radical (unpaired) electrons. The maximum atomic E-state index is 10.3. The summed E-state index contributed by atoms with van der Waals surface area (Å²) in [6.45, 7) is 0. The van der Waals surface area contributed by atoms with Crippen molar-refractivity contribution in [2.24, 2.45) is 0 Å². The summed E-state index contributed by atoms with van der Waals surface area (Å²) >= 11 is 4.56. The average Bonchev–Trinajstić information content (AvgIpc) is 2.05. The van der Waals surface area contributed by atoms with Gasteiger partial charge in [-0.15, -0.1) is 0 Å². The molecule has 0 aliphatic heterocycles. The minimum absolute atomic E-state index is 0.495. The topological polar surface area (TPSA) is 40.5 Å². The van der Waals surface area contributed by atoms with E-state index in [1.165, 1.54) is 0 Å². The molecule has 0 aromatic heterocycles. The van der Waals surface area contributed by atoms with Gasteiger partial charge in [0.05, 0.1) is 18.5 Å². The van der Waals surface area contributed by atoms with Crippen molar-refractivity contribution in [3.05, 3.63) is 30.3 Å². The van der Waals surface area contributed by atoms with Crippen molar-refractivity contribution in [1.29, 1.82) is 0 Å². The SMILES string of the molecule is O=C(O)N([S])c1ccccc1. The highest BCUT2D eigenvalue weighted by Gasteiger charge is 2.08. The van der Waals surface area contributed by atoms with E-state index in [1.54, 1.807) is 30.3 Å². The monoisotopic (exact) mass is 168 g/mol. The lowest BCUT2D eigenvalue weighted by molar-refractivity contribution is 0.206. The predicted octanol–water partition coefficient (Wildman–Crippen LogP) is 2.28. The van der Waals surface area contributed by atoms with Crippen LogP contribution in [-0.2, 0) is 0 Å². The minimum atomic E-state index is -1.13. The molecule has 0 heterocycles. The van der Waals surface area contributed by atoms with E-state index in [1.807, 2.05) is 0 Å². The van der Waals surface area contributed by atoms with E-state index >= 15 is 0 Å². The Morgan fingerprint density at radius 1 is 1.36 bits per heavy atom. The number of rotatable bonds is 1. The lowest BCUT2D eigenvalue weighted by Crippen LogP contribution is -2.17. The maximum absolute atomic E-state index is 10.3. The van der Waals surface area contributed by atoms with E-state index < -0.39 is 6.09 Å². The highest BCUT2D eigenvalue weighted by atomic mass is 32.1. The Hall–Kier alpha value is -1.16. The minimum Gasteiger partial charge on any atom is -0.464 e. The summed E-state index contributed by atoms with van der Waals surface area (Å²) in [5.41, 5.74) is 0.495. The van der Waals surface area contributed by atoms with Gasteiger partial charge in [-0.1, -0.05) is 18.2 Å². The molecule has 0 aliphatic carbocycles. The molecule has 1 rings (SSSR count). The number of hydrogen-bond donors (Lipinski definition) is 1. The fourth-order valence-electron chi connectivity index (χ4n) is 0.674. The van der Waals surface area contributed by atoms with E-state index in [0.29, 0.717) is 5.69 Å². The molecular weight excluding hydrogens is 162 g/mol. The van der Waals surface area contributed by atoms with Crippen LogP contribution in [0.2, 0.25) is 0 Å². The van der Waals surface area contributed by atoms with Gasteiger partial charge >= 0.3 is 6.09 Å². The Kier molecular flexibility index (Phi) is 2.38. The van der Waals surface area contributed by atoms with Crippen molar-refractivity contribution in [3.63, 3.8) is 0 Å².